The van der Waals surface area contributed by atoms with Gasteiger partial charge in [0.05, 0.1) is 17.4 Å². The summed E-state index contributed by atoms with van der Waals surface area (Å²) < 4.78 is 0. The molecule has 0 fully saturated rings. The first-order chi connectivity index (χ1) is 9.39. The first kappa shape index (κ1) is 28.0. The number of carbonyl (C=O) groups is 2. The molecule has 0 saturated carbocycles. The fourth-order valence-electron chi connectivity index (χ4n) is 2.59. The van der Waals surface area contributed by atoms with E-state index in [4.69, 9.17) is 0 Å². The molecule has 0 aromatic heterocycles. The summed E-state index contributed by atoms with van der Waals surface area (Å²) in [6.45, 7) is 5.36. The van der Waals surface area contributed by atoms with Gasteiger partial charge in [-0.3, -0.25) is 0 Å². The van der Waals surface area contributed by atoms with Crippen molar-refractivity contribution >= 4 is 11.9 Å². The van der Waals surface area contributed by atoms with Gasteiger partial charge in [0.15, 0.2) is 0 Å². The number of carboxylic acids is 2. The normalized spacial score (nSPS) is 10.7. The Kier molecular flexibility index (Phi) is 20.0. The van der Waals surface area contributed by atoms with Gasteiger partial charge in [-0.05, 0) is 12.3 Å². The molecule has 0 atom stereocenters. The molecule has 0 heterocycles. The molecule has 0 spiro atoms. The minimum absolute atomic E-state index is 0. The fourth-order valence-corrected chi connectivity index (χ4v) is 2.59. The Balaban J connectivity index is -0.00000180. The van der Waals surface area contributed by atoms with Crippen LogP contribution in [0.5, 0.6) is 0 Å². The van der Waals surface area contributed by atoms with Crippen LogP contribution in [0.15, 0.2) is 0 Å². The van der Waals surface area contributed by atoms with Crippen molar-refractivity contribution < 1.29 is 90.0 Å². The molecule has 0 rings (SSSR count). The van der Waals surface area contributed by atoms with Crippen molar-refractivity contribution in [2.75, 3.05) is 0 Å². The molecule has 0 aliphatic heterocycles. The van der Waals surface area contributed by atoms with Gasteiger partial charge in [-0.2, -0.15) is 0 Å². The number of carboxylic acid groups (broad SMARTS) is 2. The fraction of sp³-hybridized carbons (Fsp3) is 0.875. The molecular formula is C16H28KLiO4. The summed E-state index contributed by atoms with van der Waals surface area (Å²) >= 11 is 0. The second kappa shape index (κ2) is 15.7. The molecule has 6 heteroatoms. The van der Waals surface area contributed by atoms with Crippen LogP contribution in [0.3, 0.4) is 0 Å². The summed E-state index contributed by atoms with van der Waals surface area (Å²) in [6.07, 6.45) is 8.62. The molecular weight excluding hydrogens is 302 g/mol. The number of carbonyl (C=O) groups excluding carboxylic acids is 2. The van der Waals surface area contributed by atoms with Crippen LogP contribution < -0.4 is 80.5 Å². The number of aliphatic carboxylic acids is 2. The third kappa shape index (κ3) is 9.46. The van der Waals surface area contributed by atoms with Gasteiger partial charge in [-0.15, -0.1) is 0 Å². The van der Waals surface area contributed by atoms with E-state index < -0.39 is 23.3 Å². The van der Waals surface area contributed by atoms with Crippen LogP contribution in [0.4, 0.5) is 0 Å². The van der Waals surface area contributed by atoms with Crippen LogP contribution in [0.2, 0.25) is 0 Å². The molecule has 0 aromatic rings. The van der Waals surface area contributed by atoms with Gasteiger partial charge in [-0.25, -0.2) is 0 Å². The largest absolute Gasteiger partial charge is 1.00 e. The zero-order chi connectivity index (χ0) is 15.6. The quantitative estimate of drug-likeness (QED) is 0.206. The Bertz CT molecular complexity index is 295. The van der Waals surface area contributed by atoms with Gasteiger partial charge in [-0.1, -0.05) is 72.1 Å². The van der Waals surface area contributed by atoms with Crippen LogP contribution in [0.1, 0.15) is 78.6 Å². The Morgan fingerprint density at radius 2 is 1.23 bits per heavy atom. The summed E-state index contributed by atoms with van der Waals surface area (Å²) in [5.41, 5.74) is -1.85. The minimum Gasteiger partial charge on any atom is -0.549 e. The van der Waals surface area contributed by atoms with E-state index in [0.29, 0.717) is 6.42 Å². The maximum Gasteiger partial charge on any atom is 1.00 e. The van der Waals surface area contributed by atoms with Crippen molar-refractivity contribution in [1.29, 1.82) is 0 Å². The first-order valence-electron chi connectivity index (χ1n) is 7.82. The molecule has 0 bridgehead atoms. The van der Waals surface area contributed by atoms with Crippen LogP contribution in [-0.2, 0) is 9.59 Å². The summed E-state index contributed by atoms with van der Waals surface area (Å²) in [4.78, 5) is 22.4. The maximum absolute atomic E-state index is 11.2. The first-order valence-corrected chi connectivity index (χ1v) is 7.82. The molecule has 0 saturated heterocycles. The van der Waals surface area contributed by atoms with Gasteiger partial charge < -0.3 is 19.8 Å². The van der Waals surface area contributed by atoms with Crippen molar-refractivity contribution in [1.82, 2.24) is 0 Å². The van der Waals surface area contributed by atoms with Gasteiger partial charge in [0, 0.05) is 0 Å². The minimum atomic E-state index is -1.85. The van der Waals surface area contributed by atoms with Crippen molar-refractivity contribution in [3.63, 3.8) is 0 Å². The average molecular weight is 330 g/mol. The Hall–Kier alpha value is 1.17. The topological polar surface area (TPSA) is 80.3 Å². The number of hydrogen-bond acceptors (Lipinski definition) is 4. The zero-order valence-corrected chi connectivity index (χ0v) is 18.2. The number of hydrogen-bond donors (Lipinski definition) is 0. The standard InChI is InChI=1S/C16H30O4.K.Li/c1-4-5-6-7-8-9-10-11-12-16(13(2)3,14(17)18)15(19)20;;/h13H,4-12H2,1-3H3,(H,17,18)(H,19,20);;/q;2*+1/p-2. The second-order valence-electron chi connectivity index (χ2n) is 5.93. The molecule has 0 aliphatic rings. The smallest absolute Gasteiger partial charge is 0.549 e. The predicted octanol–water partition coefficient (Wildman–Crippen LogP) is -4.33. The Labute approximate surface area is 189 Å². The summed E-state index contributed by atoms with van der Waals surface area (Å²) in [5, 5.41) is 22.4. The summed E-state index contributed by atoms with van der Waals surface area (Å²) in [6, 6.07) is 0. The maximum atomic E-state index is 11.2. The Morgan fingerprint density at radius 3 is 1.55 bits per heavy atom. The predicted molar refractivity (Wildman–Crippen MR) is 74.5 cm³/mol. The second-order valence-corrected chi connectivity index (χ2v) is 5.93. The third-order valence-corrected chi connectivity index (χ3v) is 4.14. The van der Waals surface area contributed by atoms with Crippen LogP contribution in [-0.4, -0.2) is 11.9 Å². The van der Waals surface area contributed by atoms with E-state index in [2.05, 4.69) is 6.92 Å². The summed E-state index contributed by atoms with van der Waals surface area (Å²) in [7, 11) is 0. The van der Waals surface area contributed by atoms with Crippen molar-refractivity contribution in [2.45, 2.75) is 78.6 Å². The van der Waals surface area contributed by atoms with E-state index in [1.807, 2.05) is 0 Å². The molecule has 4 nitrogen and oxygen atoms in total. The van der Waals surface area contributed by atoms with E-state index >= 15 is 0 Å². The molecule has 0 aliphatic carbocycles. The molecule has 0 unspecified atom stereocenters. The Morgan fingerprint density at radius 1 is 0.864 bits per heavy atom. The summed E-state index contributed by atoms with van der Waals surface area (Å²) in [5.74, 6) is -3.56. The van der Waals surface area contributed by atoms with Crippen molar-refractivity contribution in [2.24, 2.45) is 11.3 Å². The van der Waals surface area contributed by atoms with Crippen LogP contribution >= 0.6 is 0 Å². The van der Waals surface area contributed by atoms with E-state index in [9.17, 15) is 19.8 Å². The SMILES string of the molecule is CCCCCCCCCCC(C(=O)[O-])(C(=O)[O-])C(C)C.[K+].[Li+]. The number of rotatable bonds is 12. The van der Waals surface area contributed by atoms with E-state index in [1.165, 1.54) is 25.7 Å². The molecule has 0 N–H and O–H groups in total. The van der Waals surface area contributed by atoms with Gasteiger partial charge in [0.25, 0.3) is 0 Å². The monoisotopic (exact) mass is 330 g/mol. The van der Waals surface area contributed by atoms with Gasteiger partial charge >= 0.3 is 70.2 Å². The molecule has 22 heavy (non-hydrogen) atoms. The molecule has 0 radical (unpaired) electrons. The third-order valence-electron chi connectivity index (χ3n) is 4.14. The van der Waals surface area contributed by atoms with Crippen LogP contribution in [0.25, 0.3) is 0 Å². The molecule has 0 aromatic carbocycles. The van der Waals surface area contributed by atoms with Crippen molar-refractivity contribution in [3.05, 3.63) is 0 Å². The average Bonchev–Trinajstić information content (AvgIpc) is 2.35. The van der Waals surface area contributed by atoms with Gasteiger partial charge in [0.1, 0.15) is 0 Å². The molecule has 118 valence electrons. The van der Waals surface area contributed by atoms with Crippen molar-refractivity contribution in [3.8, 4) is 0 Å². The van der Waals surface area contributed by atoms with Gasteiger partial charge in [0.2, 0.25) is 0 Å². The molecule has 0 amide bonds. The van der Waals surface area contributed by atoms with Crippen LogP contribution in [0, 0.1) is 11.3 Å². The van der Waals surface area contributed by atoms with E-state index in [1.54, 1.807) is 13.8 Å². The van der Waals surface area contributed by atoms with E-state index in [-0.39, 0.29) is 76.7 Å². The van der Waals surface area contributed by atoms with E-state index in [0.717, 1.165) is 19.3 Å². The number of unbranched alkanes of at least 4 members (excludes halogenated alkanes) is 7. The zero-order valence-electron chi connectivity index (χ0n) is 15.1.